The van der Waals surface area contributed by atoms with Crippen LogP contribution >= 0.6 is 0 Å². The summed E-state index contributed by atoms with van der Waals surface area (Å²) in [4.78, 5) is 11.8. The summed E-state index contributed by atoms with van der Waals surface area (Å²) in [7, 11) is 0. The molecule has 1 aromatic heterocycles. The van der Waals surface area contributed by atoms with E-state index in [9.17, 15) is 4.79 Å². The van der Waals surface area contributed by atoms with Gasteiger partial charge >= 0.3 is 0 Å². The number of benzene rings is 1. The molecule has 0 aliphatic rings. The Hall–Kier alpha value is -2.36. The Morgan fingerprint density at radius 2 is 2.11 bits per heavy atom. The zero-order chi connectivity index (χ0) is 13.0. The second kappa shape index (κ2) is 5.31. The molecule has 0 fully saturated rings. The molecule has 18 heavy (non-hydrogen) atoms. The lowest BCUT2D eigenvalue weighted by atomic mass is 10.1. The van der Waals surface area contributed by atoms with E-state index in [2.05, 4.69) is 10.5 Å². The maximum atomic E-state index is 11.8. The van der Waals surface area contributed by atoms with Gasteiger partial charge in [0.25, 0.3) is 5.91 Å². The molecule has 0 aliphatic carbocycles. The molecule has 2 rings (SSSR count). The number of nitrogens with one attached hydrogen (secondary N) is 1. The van der Waals surface area contributed by atoms with Crippen LogP contribution in [0.15, 0.2) is 52.2 Å². The number of hydrogen-bond acceptors (Lipinski definition) is 3. The zero-order valence-corrected chi connectivity index (χ0v) is 10.3. The molecule has 0 aliphatic heterocycles. The Bertz CT molecular complexity index is 571. The van der Waals surface area contributed by atoms with E-state index in [1.807, 2.05) is 25.1 Å². The smallest absolute Gasteiger partial charge is 0.271 e. The van der Waals surface area contributed by atoms with Crippen molar-refractivity contribution in [3.05, 3.63) is 59.5 Å². The lowest BCUT2D eigenvalue weighted by Crippen LogP contribution is -2.19. The molecule has 1 aromatic carbocycles. The summed E-state index contributed by atoms with van der Waals surface area (Å²) in [6.45, 7) is 3.71. The van der Waals surface area contributed by atoms with Gasteiger partial charge in [-0.25, -0.2) is 5.43 Å². The molecule has 1 amide bonds. The van der Waals surface area contributed by atoms with Crippen LogP contribution in [0.25, 0.3) is 0 Å². The average molecular weight is 242 g/mol. The van der Waals surface area contributed by atoms with Crippen LogP contribution in [0.4, 0.5) is 0 Å². The fourth-order valence-corrected chi connectivity index (χ4v) is 1.53. The molecule has 4 heteroatoms. The topological polar surface area (TPSA) is 54.6 Å². The van der Waals surface area contributed by atoms with Gasteiger partial charge in [0.05, 0.1) is 6.26 Å². The van der Waals surface area contributed by atoms with E-state index in [0.717, 1.165) is 5.56 Å². The first-order chi connectivity index (χ1) is 8.66. The number of nitrogens with zero attached hydrogens (tertiary/aromatic N) is 1. The minimum absolute atomic E-state index is 0.232. The third kappa shape index (κ3) is 2.85. The highest BCUT2D eigenvalue weighted by atomic mass is 16.3. The Morgan fingerprint density at radius 1 is 1.28 bits per heavy atom. The van der Waals surface area contributed by atoms with Crippen LogP contribution in [0, 0.1) is 6.92 Å². The van der Waals surface area contributed by atoms with Crippen LogP contribution in [-0.4, -0.2) is 11.6 Å². The first kappa shape index (κ1) is 12.1. The van der Waals surface area contributed by atoms with Crippen LogP contribution in [0.1, 0.15) is 28.6 Å². The number of hydrazone groups is 1. The number of amides is 1. The Kier molecular flexibility index (Phi) is 3.57. The maximum Gasteiger partial charge on any atom is 0.271 e. The number of aryl methyl sites for hydroxylation is 1. The first-order valence-corrected chi connectivity index (χ1v) is 5.62. The summed E-state index contributed by atoms with van der Waals surface area (Å²) in [5, 5.41) is 4.00. The van der Waals surface area contributed by atoms with Crippen LogP contribution in [-0.2, 0) is 0 Å². The molecule has 0 saturated heterocycles. The predicted molar refractivity (Wildman–Crippen MR) is 69.6 cm³/mol. The van der Waals surface area contributed by atoms with Crippen LogP contribution < -0.4 is 5.43 Å². The van der Waals surface area contributed by atoms with Gasteiger partial charge in [0.2, 0.25) is 0 Å². The van der Waals surface area contributed by atoms with Gasteiger partial charge in [-0.05, 0) is 38.1 Å². The summed E-state index contributed by atoms with van der Waals surface area (Å²) in [6, 6.07) is 10.9. The van der Waals surface area contributed by atoms with Crippen LogP contribution in [0.3, 0.4) is 0 Å². The van der Waals surface area contributed by atoms with E-state index in [0.29, 0.717) is 17.0 Å². The van der Waals surface area contributed by atoms with Gasteiger partial charge in [0, 0.05) is 5.56 Å². The van der Waals surface area contributed by atoms with Gasteiger partial charge in [-0.2, -0.15) is 5.10 Å². The van der Waals surface area contributed by atoms with Gasteiger partial charge < -0.3 is 4.42 Å². The number of carbonyl (C=O) groups excluding carboxylic acids is 1. The monoisotopic (exact) mass is 242 g/mol. The van der Waals surface area contributed by atoms with Gasteiger partial charge in [0.1, 0.15) is 11.5 Å². The van der Waals surface area contributed by atoms with Crippen molar-refractivity contribution in [1.29, 1.82) is 0 Å². The highest BCUT2D eigenvalue weighted by molar-refractivity contribution is 5.99. The van der Waals surface area contributed by atoms with Gasteiger partial charge in [-0.3, -0.25) is 4.79 Å². The molecule has 0 saturated carbocycles. The second-order valence-corrected chi connectivity index (χ2v) is 3.98. The third-order valence-corrected chi connectivity index (χ3v) is 2.48. The fourth-order valence-electron chi connectivity index (χ4n) is 1.53. The lowest BCUT2D eigenvalue weighted by Gasteiger charge is -2.02. The number of furan rings is 1. The summed E-state index contributed by atoms with van der Waals surface area (Å²) in [5.41, 5.74) is 4.75. The Labute approximate surface area is 105 Å². The summed E-state index contributed by atoms with van der Waals surface area (Å²) < 4.78 is 5.17. The van der Waals surface area contributed by atoms with E-state index in [1.165, 1.54) is 0 Å². The Morgan fingerprint density at radius 3 is 2.78 bits per heavy atom. The lowest BCUT2D eigenvalue weighted by molar-refractivity contribution is 0.0954. The van der Waals surface area contributed by atoms with Gasteiger partial charge in [0.15, 0.2) is 0 Å². The molecule has 0 radical (unpaired) electrons. The summed E-state index contributed by atoms with van der Waals surface area (Å²) >= 11 is 0. The standard InChI is InChI=1S/C14H14N2O2/c1-10-5-3-6-12(9-10)14(17)16-15-11(2)13-7-4-8-18-13/h3-9H,1-2H3,(H,16,17)/b15-11+. The minimum Gasteiger partial charge on any atom is -0.463 e. The van der Waals surface area contributed by atoms with E-state index < -0.39 is 0 Å². The third-order valence-electron chi connectivity index (χ3n) is 2.48. The van der Waals surface area contributed by atoms with Crippen molar-refractivity contribution in [3.8, 4) is 0 Å². The van der Waals surface area contributed by atoms with Crippen LogP contribution in [0.5, 0.6) is 0 Å². The number of rotatable bonds is 3. The van der Waals surface area contributed by atoms with Gasteiger partial charge in [-0.15, -0.1) is 0 Å². The Balaban J connectivity index is 2.07. The molecule has 1 N–H and O–H groups in total. The van der Waals surface area contributed by atoms with E-state index in [1.54, 1.807) is 31.4 Å². The van der Waals surface area contributed by atoms with Crippen molar-refractivity contribution >= 4 is 11.6 Å². The van der Waals surface area contributed by atoms with Crippen molar-refractivity contribution in [2.24, 2.45) is 5.10 Å². The zero-order valence-electron chi connectivity index (χ0n) is 10.3. The molecule has 4 nitrogen and oxygen atoms in total. The molecule has 2 aromatic rings. The average Bonchev–Trinajstić information content (AvgIpc) is 2.89. The van der Waals surface area contributed by atoms with Crippen molar-refractivity contribution in [3.63, 3.8) is 0 Å². The van der Waals surface area contributed by atoms with E-state index in [-0.39, 0.29) is 5.91 Å². The van der Waals surface area contributed by atoms with E-state index >= 15 is 0 Å². The van der Waals surface area contributed by atoms with Crippen molar-refractivity contribution in [2.75, 3.05) is 0 Å². The van der Waals surface area contributed by atoms with Crippen molar-refractivity contribution in [1.82, 2.24) is 5.43 Å². The SMILES string of the molecule is C/C(=N\NC(=O)c1cccc(C)c1)c1ccco1. The molecular weight excluding hydrogens is 228 g/mol. The molecule has 0 unspecified atom stereocenters. The number of carbonyl (C=O) groups is 1. The molecule has 0 atom stereocenters. The molecule has 1 heterocycles. The molecule has 0 spiro atoms. The fraction of sp³-hybridized carbons (Fsp3) is 0.143. The second-order valence-electron chi connectivity index (χ2n) is 3.98. The van der Waals surface area contributed by atoms with Crippen LogP contribution in [0.2, 0.25) is 0 Å². The minimum atomic E-state index is -0.232. The summed E-state index contributed by atoms with van der Waals surface area (Å²) in [6.07, 6.45) is 1.57. The van der Waals surface area contributed by atoms with E-state index in [4.69, 9.17) is 4.42 Å². The predicted octanol–water partition coefficient (Wildman–Crippen LogP) is 2.74. The highest BCUT2D eigenvalue weighted by Gasteiger charge is 2.05. The first-order valence-electron chi connectivity index (χ1n) is 5.62. The normalized spacial score (nSPS) is 11.3. The van der Waals surface area contributed by atoms with Crippen molar-refractivity contribution < 1.29 is 9.21 Å². The largest absolute Gasteiger partial charge is 0.463 e. The highest BCUT2D eigenvalue weighted by Crippen LogP contribution is 2.04. The maximum absolute atomic E-state index is 11.8. The molecular formula is C14H14N2O2. The molecule has 92 valence electrons. The van der Waals surface area contributed by atoms with Gasteiger partial charge in [-0.1, -0.05) is 17.7 Å². The number of hydrogen-bond donors (Lipinski definition) is 1. The van der Waals surface area contributed by atoms with Crippen molar-refractivity contribution in [2.45, 2.75) is 13.8 Å². The molecule has 0 bridgehead atoms. The quantitative estimate of drug-likeness (QED) is 0.664. The summed E-state index contributed by atoms with van der Waals surface area (Å²) in [5.74, 6) is 0.407.